The van der Waals surface area contributed by atoms with Crippen LogP contribution in [-0.2, 0) is 17.8 Å². The first-order valence-electron chi connectivity index (χ1n) is 7.61. The molecule has 6 heteroatoms. The third-order valence-corrected chi connectivity index (χ3v) is 4.15. The fourth-order valence-corrected chi connectivity index (χ4v) is 2.68. The number of hydrogen-bond donors (Lipinski definition) is 3. The summed E-state index contributed by atoms with van der Waals surface area (Å²) in [5.41, 5.74) is 6.86. The van der Waals surface area contributed by atoms with Crippen molar-refractivity contribution in [3.63, 3.8) is 0 Å². The van der Waals surface area contributed by atoms with Crippen molar-refractivity contribution < 1.29 is 4.79 Å². The normalized spacial score (nSPS) is 11.2. The molecule has 1 aromatic heterocycles. The maximum atomic E-state index is 11.7. The Morgan fingerprint density at radius 3 is 2.70 bits per heavy atom. The van der Waals surface area contributed by atoms with Crippen LogP contribution in [0.4, 0.5) is 0 Å². The van der Waals surface area contributed by atoms with E-state index in [1.807, 2.05) is 36.4 Å². The van der Waals surface area contributed by atoms with E-state index in [0.29, 0.717) is 32.0 Å². The number of guanidine groups is 1. The van der Waals surface area contributed by atoms with Crippen molar-refractivity contribution in [2.45, 2.75) is 19.4 Å². The Bertz CT molecular complexity index is 611. The summed E-state index contributed by atoms with van der Waals surface area (Å²) in [5.74, 6) is 0.380. The maximum absolute atomic E-state index is 11.7. The molecule has 23 heavy (non-hydrogen) atoms. The highest BCUT2D eigenvalue weighted by Gasteiger charge is 2.01. The molecule has 0 spiro atoms. The number of thiophene rings is 1. The molecule has 0 unspecified atom stereocenters. The van der Waals surface area contributed by atoms with Crippen LogP contribution in [0.25, 0.3) is 0 Å². The predicted molar refractivity (Wildman–Crippen MR) is 95.4 cm³/mol. The second kappa shape index (κ2) is 9.63. The highest BCUT2D eigenvalue weighted by molar-refractivity contribution is 7.09. The van der Waals surface area contributed by atoms with Gasteiger partial charge in [-0.3, -0.25) is 9.79 Å². The van der Waals surface area contributed by atoms with E-state index >= 15 is 0 Å². The molecule has 1 heterocycles. The molecule has 1 aromatic carbocycles. The molecule has 0 saturated heterocycles. The lowest BCUT2D eigenvalue weighted by Crippen LogP contribution is -2.35. The van der Waals surface area contributed by atoms with E-state index in [-0.39, 0.29) is 5.91 Å². The molecule has 0 radical (unpaired) electrons. The summed E-state index contributed by atoms with van der Waals surface area (Å²) >= 11 is 1.72. The maximum Gasteiger partial charge on any atom is 0.222 e. The molecule has 122 valence electrons. The zero-order valence-electron chi connectivity index (χ0n) is 13.0. The van der Waals surface area contributed by atoms with Crippen molar-refractivity contribution in [2.75, 3.05) is 13.1 Å². The van der Waals surface area contributed by atoms with Crippen LogP contribution in [0, 0.1) is 0 Å². The molecule has 0 bridgehead atoms. The van der Waals surface area contributed by atoms with Gasteiger partial charge in [0.15, 0.2) is 5.96 Å². The van der Waals surface area contributed by atoms with Gasteiger partial charge in [0.25, 0.3) is 0 Å². The summed E-state index contributed by atoms with van der Waals surface area (Å²) < 4.78 is 0. The van der Waals surface area contributed by atoms with Gasteiger partial charge in [0.1, 0.15) is 0 Å². The molecule has 2 rings (SSSR count). The number of rotatable bonds is 8. The van der Waals surface area contributed by atoms with Gasteiger partial charge in [-0.2, -0.15) is 0 Å². The van der Waals surface area contributed by atoms with E-state index in [0.717, 1.165) is 12.0 Å². The summed E-state index contributed by atoms with van der Waals surface area (Å²) in [6.45, 7) is 1.68. The topological polar surface area (TPSA) is 79.5 Å². The lowest BCUT2D eigenvalue weighted by Gasteiger charge is -2.07. The lowest BCUT2D eigenvalue weighted by atomic mass is 10.2. The number of nitrogens with two attached hydrogens (primary N) is 1. The predicted octanol–water partition coefficient (Wildman–Crippen LogP) is 1.90. The van der Waals surface area contributed by atoms with E-state index in [1.54, 1.807) is 11.3 Å². The summed E-state index contributed by atoms with van der Waals surface area (Å²) in [5, 5.41) is 7.89. The van der Waals surface area contributed by atoms with Crippen LogP contribution >= 0.6 is 11.3 Å². The molecular weight excluding hydrogens is 308 g/mol. The van der Waals surface area contributed by atoms with Crippen molar-refractivity contribution in [1.29, 1.82) is 0 Å². The van der Waals surface area contributed by atoms with Crippen LogP contribution < -0.4 is 16.4 Å². The smallest absolute Gasteiger partial charge is 0.222 e. The second-order valence-corrected chi connectivity index (χ2v) is 6.07. The van der Waals surface area contributed by atoms with Crippen molar-refractivity contribution in [3.05, 3.63) is 58.3 Å². The standard InChI is InChI=1S/C17H22N4OS/c18-17(19-10-8-15-7-4-12-23-15)20-11-9-16(22)21-13-14-5-2-1-3-6-14/h1-7,12H,8-11,13H2,(H,21,22)(H3,18,19,20). The van der Waals surface area contributed by atoms with Gasteiger partial charge < -0.3 is 16.4 Å². The summed E-state index contributed by atoms with van der Waals surface area (Å²) in [6, 6.07) is 13.9. The molecule has 0 aliphatic rings. The van der Waals surface area contributed by atoms with Crippen LogP contribution in [0.5, 0.6) is 0 Å². The van der Waals surface area contributed by atoms with E-state index in [1.165, 1.54) is 4.88 Å². The number of hydrogen-bond acceptors (Lipinski definition) is 3. The van der Waals surface area contributed by atoms with Gasteiger partial charge in [-0.15, -0.1) is 11.3 Å². The molecular formula is C17H22N4OS. The fraction of sp³-hybridized carbons (Fsp3) is 0.294. The molecule has 0 aliphatic heterocycles. The summed E-state index contributed by atoms with van der Waals surface area (Å²) in [7, 11) is 0. The third-order valence-electron chi connectivity index (χ3n) is 3.21. The first-order chi connectivity index (χ1) is 11.2. The van der Waals surface area contributed by atoms with Crippen LogP contribution in [0.3, 0.4) is 0 Å². The van der Waals surface area contributed by atoms with E-state index in [2.05, 4.69) is 27.1 Å². The first-order valence-corrected chi connectivity index (χ1v) is 8.49. The summed E-state index contributed by atoms with van der Waals surface area (Å²) in [4.78, 5) is 17.3. The average molecular weight is 330 g/mol. The Morgan fingerprint density at radius 2 is 1.96 bits per heavy atom. The minimum atomic E-state index is -0.00672. The first kappa shape index (κ1) is 17.0. The Balaban J connectivity index is 1.57. The number of amides is 1. The van der Waals surface area contributed by atoms with Gasteiger partial charge in [0.05, 0.1) is 0 Å². The Morgan fingerprint density at radius 1 is 1.13 bits per heavy atom. The SMILES string of the molecule is NC(=NCCc1cccs1)NCCC(=O)NCc1ccccc1. The number of carbonyl (C=O) groups is 1. The third kappa shape index (κ3) is 6.97. The van der Waals surface area contributed by atoms with Gasteiger partial charge >= 0.3 is 0 Å². The molecule has 0 fully saturated rings. The molecule has 5 nitrogen and oxygen atoms in total. The minimum absolute atomic E-state index is 0.00672. The van der Waals surface area contributed by atoms with Crippen molar-refractivity contribution in [3.8, 4) is 0 Å². The largest absolute Gasteiger partial charge is 0.370 e. The Kier molecular flexibility index (Phi) is 7.13. The van der Waals surface area contributed by atoms with E-state index < -0.39 is 0 Å². The highest BCUT2D eigenvalue weighted by atomic mass is 32.1. The fourth-order valence-electron chi connectivity index (χ4n) is 1.99. The molecule has 0 saturated carbocycles. The van der Waals surface area contributed by atoms with E-state index in [4.69, 9.17) is 5.73 Å². The Hall–Kier alpha value is -2.34. The zero-order valence-corrected chi connectivity index (χ0v) is 13.8. The van der Waals surface area contributed by atoms with Crippen LogP contribution in [0.15, 0.2) is 52.8 Å². The van der Waals surface area contributed by atoms with Gasteiger partial charge in [-0.1, -0.05) is 36.4 Å². The monoisotopic (exact) mass is 330 g/mol. The van der Waals surface area contributed by atoms with Gasteiger partial charge in [-0.25, -0.2) is 0 Å². The Labute approximate surface area is 140 Å². The van der Waals surface area contributed by atoms with Crippen molar-refractivity contribution in [1.82, 2.24) is 10.6 Å². The van der Waals surface area contributed by atoms with Gasteiger partial charge in [0, 0.05) is 37.4 Å². The zero-order chi connectivity index (χ0) is 16.3. The number of aliphatic imine (C=N–C) groups is 1. The van der Waals surface area contributed by atoms with Crippen molar-refractivity contribution in [2.24, 2.45) is 10.7 Å². The van der Waals surface area contributed by atoms with Gasteiger partial charge in [0.2, 0.25) is 5.91 Å². The average Bonchev–Trinajstić information content (AvgIpc) is 3.07. The van der Waals surface area contributed by atoms with Crippen LogP contribution in [-0.4, -0.2) is 25.0 Å². The number of nitrogens with zero attached hydrogens (tertiary/aromatic N) is 1. The molecule has 1 amide bonds. The highest BCUT2D eigenvalue weighted by Crippen LogP contribution is 2.08. The van der Waals surface area contributed by atoms with Crippen LogP contribution in [0.2, 0.25) is 0 Å². The number of benzene rings is 1. The lowest BCUT2D eigenvalue weighted by molar-refractivity contribution is -0.121. The van der Waals surface area contributed by atoms with Gasteiger partial charge in [-0.05, 0) is 17.0 Å². The minimum Gasteiger partial charge on any atom is -0.370 e. The van der Waals surface area contributed by atoms with Crippen LogP contribution in [0.1, 0.15) is 16.9 Å². The summed E-state index contributed by atoms with van der Waals surface area (Å²) in [6.07, 6.45) is 1.26. The quantitative estimate of drug-likeness (QED) is 0.511. The molecule has 0 atom stereocenters. The number of nitrogens with one attached hydrogen (secondary N) is 2. The molecule has 2 aromatic rings. The van der Waals surface area contributed by atoms with Crippen molar-refractivity contribution >= 4 is 23.2 Å². The van der Waals surface area contributed by atoms with E-state index in [9.17, 15) is 4.79 Å². The molecule has 4 N–H and O–H groups in total. The second-order valence-electron chi connectivity index (χ2n) is 5.04. The number of carbonyl (C=O) groups excluding carboxylic acids is 1. The molecule has 0 aliphatic carbocycles.